The van der Waals surface area contributed by atoms with Crippen LogP contribution in [0.15, 0.2) is 58.3 Å². The third-order valence-corrected chi connectivity index (χ3v) is 8.56. The first-order valence-corrected chi connectivity index (χ1v) is 12.2. The van der Waals surface area contributed by atoms with Gasteiger partial charge in [-0.1, -0.05) is 29.5 Å². The second kappa shape index (κ2) is 7.41. The van der Waals surface area contributed by atoms with E-state index < -0.39 is 20.0 Å². The molecule has 0 unspecified atom stereocenters. The number of nitrogens with one attached hydrogen (secondary N) is 1. The fourth-order valence-corrected chi connectivity index (χ4v) is 6.49. The molecule has 1 aliphatic rings. The maximum Gasteiger partial charge on any atom is 0.263 e. The molecule has 0 spiro atoms. The number of fused-ring (bicyclic) bond motifs is 1. The number of thiazole rings is 1. The molecule has 0 amide bonds. The minimum Gasteiger partial charge on any atom is -0.379 e. The van der Waals surface area contributed by atoms with Crippen LogP contribution < -0.4 is 4.72 Å². The van der Waals surface area contributed by atoms with Crippen molar-refractivity contribution in [3.8, 4) is 0 Å². The van der Waals surface area contributed by atoms with Crippen molar-refractivity contribution < 1.29 is 21.6 Å². The molecular formula is C17H17N3O5S3. The molecule has 148 valence electrons. The van der Waals surface area contributed by atoms with Crippen molar-refractivity contribution in [2.45, 2.75) is 9.79 Å². The third-order valence-electron chi connectivity index (χ3n) is 4.24. The topological polar surface area (TPSA) is 106 Å². The van der Waals surface area contributed by atoms with Crippen LogP contribution in [0.25, 0.3) is 10.2 Å². The van der Waals surface area contributed by atoms with Crippen molar-refractivity contribution in [2.75, 3.05) is 31.0 Å². The Hall–Kier alpha value is -2.05. The smallest absolute Gasteiger partial charge is 0.263 e. The highest BCUT2D eigenvalue weighted by atomic mass is 32.2. The molecule has 1 saturated heterocycles. The molecule has 2 aromatic carbocycles. The summed E-state index contributed by atoms with van der Waals surface area (Å²) in [6.45, 7) is 1.36. The van der Waals surface area contributed by atoms with Crippen LogP contribution in [0.2, 0.25) is 0 Å². The Morgan fingerprint density at radius 2 is 1.68 bits per heavy atom. The second-order valence-corrected chi connectivity index (χ2v) is 10.7. The summed E-state index contributed by atoms with van der Waals surface area (Å²) in [6.07, 6.45) is 0. The van der Waals surface area contributed by atoms with E-state index in [4.69, 9.17) is 4.74 Å². The lowest BCUT2D eigenvalue weighted by Gasteiger charge is -2.25. The van der Waals surface area contributed by atoms with Crippen molar-refractivity contribution in [3.63, 3.8) is 0 Å². The number of morpholine rings is 1. The second-order valence-electron chi connectivity index (χ2n) is 6.08. The average molecular weight is 440 g/mol. The summed E-state index contributed by atoms with van der Waals surface area (Å²) in [5, 5.41) is 0.180. The normalized spacial score (nSPS) is 16.3. The van der Waals surface area contributed by atoms with Gasteiger partial charge in [0.15, 0.2) is 5.13 Å². The SMILES string of the molecule is O=S(=O)(Nc1nc2ccc(S(=O)(=O)N3CCOCC3)cc2s1)c1ccccc1. The van der Waals surface area contributed by atoms with Crippen LogP contribution in [-0.4, -0.2) is 52.4 Å². The summed E-state index contributed by atoms with van der Waals surface area (Å²) in [7, 11) is -7.39. The molecule has 28 heavy (non-hydrogen) atoms. The number of hydrogen-bond acceptors (Lipinski definition) is 7. The van der Waals surface area contributed by atoms with Crippen molar-refractivity contribution in [1.82, 2.24) is 9.29 Å². The fourth-order valence-electron chi connectivity index (χ4n) is 2.82. The molecule has 0 radical (unpaired) electrons. The zero-order valence-corrected chi connectivity index (χ0v) is 17.1. The van der Waals surface area contributed by atoms with Gasteiger partial charge >= 0.3 is 0 Å². The number of rotatable bonds is 5. The van der Waals surface area contributed by atoms with E-state index in [1.54, 1.807) is 24.3 Å². The van der Waals surface area contributed by atoms with Crippen LogP contribution in [0.1, 0.15) is 0 Å². The zero-order valence-electron chi connectivity index (χ0n) is 14.6. The average Bonchev–Trinajstić information content (AvgIpc) is 3.10. The molecule has 0 bridgehead atoms. The Morgan fingerprint density at radius 1 is 0.964 bits per heavy atom. The van der Waals surface area contributed by atoms with Crippen LogP contribution >= 0.6 is 11.3 Å². The molecule has 1 N–H and O–H groups in total. The van der Waals surface area contributed by atoms with Crippen molar-refractivity contribution in [1.29, 1.82) is 0 Å². The molecule has 3 aromatic rings. The van der Waals surface area contributed by atoms with Crippen LogP contribution in [-0.2, 0) is 24.8 Å². The molecule has 1 fully saturated rings. The summed E-state index contributed by atoms with van der Waals surface area (Å²) in [6, 6.07) is 12.6. The van der Waals surface area contributed by atoms with E-state index in [2.05, 4.69) is 9.71 Å². The lowest BCUT2D eigenvalue weighted by atomic mass is 10.3. The Bertz CT molecular complexity index is 1200. The fraction of sp³-hybridized carbons (Fsp3) is 0.235. The van der Waals surface area contributed by atoms with Gasteiger partial charge in [0.25, 0.3) is 10.0 Å². The first-order chi connectivity index (χ1) is 13.4. The maximum absolute atomic E-state index is 12.8. The maximum atomic E-state index is 12.8. The summed E-state index contributed by atoms with van der Waals surface area (Å²) < 4.78 is 60.1. The highest BCUT2D eigenvalue weighted by molar-refractivity contribution is 7.93. The quantitative estimate of drug-likeness (QED) is 0.653. The molecule has 4 rings (SSSR count). The van der Waals surface area contributed by atoms with Crippen LogP contribution in [0.4, 0.5) is 5.13 Å². The van der Waals surface area contributed by atoms with Gasteiger partial charge in [-0.05, 0) is 30.3 Å². The van der Waals surface area contributed by atoms with Gasteiger partial charge in [-0.2, -0.15) is 4.31 Å². The van der Waals surface area contributed by atoms with Gasteiger partial charge in [-0.25, -0.2) is 21.8 Å². The Morgan fingerprint density at radius 3 is 2.39 bits per heavy atom. The van der Waals surface area contributed by atoms with Crippen LogP contribution in [0.3, 0.4) is 0 Å². The Labute approximate surface area is 166 Å². The number of anilines is 1. The monoisotopic (exact) mass is 439 g/mol. The summed E-state index contributed by atoms with van der Waals surface area (Å²) in [5.74, 6) is 0. The van der Waals surface area contributed by atoms with Gasteiger partial charge in [0.05, 0.1) is 33.2 Å². The molecular weight excluding hydrogens is 422 g/mol. The highest BCUT2D eigenvalue weighted by Gasteiger charge is 2.27. The molecule has 2 heterocycles. The van der Waals surface area contributed by atoms with Gasteiger partial charge in [0, 0.05) is 13.1 Å². The predicted molar refractivity (Wildman–Crippen MR) is 106 cm³/mol. The van der Waals surface area contributed by atoms with Crippen molar-refractivity contribution in [3.05, 3.63) is 48.5 Å². The Balaban J connectivity index is 1.64. The lowest BCUT2D eigenvalue weighted by molar-refractivity contribution is 0.0730. The van der Waals surface area contributed by atoms with Crippen molar-refractivity contribution in [2.24, 2.45) is 0 Å². The molecule has 11 heteroatoms. The number of aromatic nitrogens is 1. The molecule has 0 saturated carbocycles. The summed E-state index contributed by atoms with van der Waals surface area (Å²) in [4.78, 5) is 4.54. The summed E-state index contributed by atoms with van der Waals surface area (Å²) >= 11 is 1.09. The number of sulfonamides is 2. The number of benzene rings is 2. The lowest BCUT2D eigenvalue weighted by Crippen LogP contribution is -2.40. The molecule has 8 nitrogen and oxygen atoms in total. The van der Waals surface area contributed by atoms with E-state index in [0.717, 1.165) is 11.3 Å². The zero-order chi connectivity index (χ0) is 19.8. The van der Waals surface area contributed by atoms with Crippen LogP contribution in [0.5, 0.6) is 0 Å². The van der Waals surface area contributed by atoms with E-state index in [9.17, 15) is 16.8 Å². The van der Waals surface area contributed by atoms with E-state index >= 15 is 0 Å². The molecule has 0 atom stereocenters. The van der Waals surface area contributed by atoms with E-state index in [1.807, 2.05) is 0 Å². The van der Waals surface area contributed by atoms with Gasteiger partial charge in [0.2, 0.25) is 10.0 Å². The Kier molecular flexibility index (Phi) is 5.10. The minimum atomic E-state index is -3.76. The third kappa shape index (κ3) is 3.76. The van der Waals surface area contributed by atoms with Gasteiger partial charge < -0.3 is 4.74 Å². The van der Waals surface area contributed by atoms with E-state index in [1.165, 1.54) is 28.6 Å². The highest BCUT2D eigenvalue weighted by Crippen LogP contribution is 2.30. The largest absolute Gasteiger partial charge is 0.379 e. The minimum absolute atomic E-state index is 0.129. The van der Waals surface area contributed by atoms with Gasteiger partial charge in [-0.3, -0.25) is 4.72 Å². The van der Waals surface area contributed by atoms with Crippen molar-refractivity contribution >= 4 is 46.7 Å². The number of ether oxygens (including phenoxy) is 1. The van der Waals surface area contributed by atoms with E-state index in [0.29, 0.717) is 36.5 Å². The van der Waals surface area contributed by atoms with Crippen LogP contribution in [0, 0.1) is 0 Å². The summed E-state index contributed by atoms with van der Waals surface area (Å²) in [5.41, 5.74) is 0.525. The molecule has 1 aliphatic heterocycles. The number of hydrogen-bond donors (Lipinski definition) is 1. The van der Waals surface area contributed by atoms with E-state index in [-0.39, 0.29) is 14.9 Å². The molecule has 0 aliphatic carbocycles. The van der Waals surface area contributed by atoms with Gasteiger partial charge in [0.1, 0.15) is 0 Å². The standard InChI is InChI=1S/C17H17N3O5S3/c21-27(22,13-4-2-1-3-5-13)19-17-18-15-7-6-14(12-16(15)26-17)28(23,24)20-8-10-25-11-9-20/h1-7,12H,8-11H2,(H,18,19). The van der Waals surface area contributed by atoms with Gasteiger partial charge in [-0.15, -0.1) is 0 Å². The molecule has 1 aromatic heterocycles. The predicted octanol–water partition coefficient (Wildman–Crippen LogP) is 2.12. The first-order valence-electron chi connectivity index (χ1n) is 8.43. The number of nitrogens with zero attached hydrogens (tertiary/aromatic N) is 2. The first kappa shape index (κ1) is 19.3.